The zero-order valence-electron chi connectivity index (χ0n) is 15.1. The number of aliphatic imine (C=N–C) groups is 1. The lowest BCUT2D eigenvalue weighted by Gasteiger charge is -2.20. The van der Waals surface area contributed by atoms with Crippen LogP contribution in [0.5, 0.6) is 0 Å². The summed E-state index contributed by atoms with van der Waals surface area (Å²) in [6, 6.07) is 8.05. The second kappa shape index (κ2) is 8.99. The summed E-state index contributed by atoms with van der Waals surface area (Å²) in [4.78, 5) is 10.7. The highest BCUT2D eigenvalue weighted by Crippen LogP contribution is 2.25. The maximum Gasteiger partial charge on any atom is 0.191 e. The lowest BCUT2D eigenvalue weighted by atomic mass is 10.1. The SMILES string of the molecule is CN=C(NCCc1cccc(F)c1F)NC1CCN(c2ncccc2Cl)C1. The molecule has 0 spiro atoms. The van der Waals surface area contributed by atoms with Gasteiger partial charge in [-0.15, -0.1) is 0 Å². The molecule has 144 valence electrons. The van der Waals surface area contributed by atoms with Gasteiger partial charge in [0.1, 0.15) is 5.82 Å². The molecule has 0 saturated carbocycles. The minimum atomic E-state index is -0.825. The van der Waals surface area contributed by atoms with Crippen molar-refractivity contribution in [1.29, 1.82) is 0 Å². The van der Waals surface area contributed by atoms with Crippen LogP contribution in [0.25, 0.3) is 0 Å². The maximum absolute atomic E-state index is 13.7. The van der Waals surface area contributed by atoms with E-state index >= 15 is 0 Å². The van der Waals surface area contributed by atoms with E-state index in [4.69, 9.17) is 11.6 Å². The maximum atomic E-state index is 13.7. The quantitative estimate of drug-likeness (QED) is 0.605. The van der Waals surface area contributed by atoms with Crippen molar-refractivity contribution in [3.8, 4) is 0 Å². The average molecular weight is 394 g/mol. The van der Waals surface area contributed by atoms with Gasteiger partial charge in [-0.05, 0) is 36.6 Å². The molecule has 27 heavy (non-hydrogen) atoms. The molecule has 2 aromatic rings. The molecule has 0 aliphatic carbocycles. The van der Waals surface area contributed by atoms with Crippen LogP contribution in [0, 0.1) is 11.6 Å². The van der Waals surface area contributed by atoms with Gasteiger partial charge in [-0.1, -0.05) is 23.7 Å². The molecule has 8 heteroatoms. The zero-order valence-corrected chi connectivity index (χ0v) is 15.8. The third-order valence-corrected chi connectivity index (χ3v) is 4.80. The van der Waals surface area contributed by atoms with Crippen LogP contribution < -0.4 is 15.5 Å². The van der Waals surface area contributed by atoms with Gasteiger partial charge in [-0.25, -0.2) is 13.8 Å². The Morgan fingerprint density at radius 3 is 2.96 bits per heavy atom. The lowest BCUT2D eigenvalue weighted by molar-refractivity contribution is 0.498. The standard InChI is InChI=1S/C19H22ClF2N5/c1-23-19(25-10-7-13-4-2-6-16(21)17(13)22)26-14-8-11-27(12-14)18-15(20)5-3-9-24-18/h2-6,9,14H,7-8,10-12H2,1H3,(H2,23,25,26). The minimum Gasteiger partial charge on any atom is -0.356 e. The molecule has 0 amide bonds. The first-order chi connectivity index (χ1) is 13.1. The van der Waals surface area contributed by atoms with Crippen LogP contribution >= 0.6 is 11.6 Å². The molecule has 1 aromatic heterocycles. The Kier molecular flexibility index (Phi) is 6.45. The highest BCUT2D eigenvalue weighted by molar-refractivity contribution is 6.32. The third-order valence-electron chi connectivity index (χ3n) is 4.51. The molecule has 0 radical (unpaired) electrons. The molecule has 1 atom stereocenters. The van der Waals surface area contributed by atoms with Crippen molar-refractivity contribution in [2.75, 3.05) is 31.6 Å². The summed E-state index contributed by atoms with van der Waals surface area (Å²) in [5.41, 5.74) is 0.342. The molecular formula is C19H22ClF2N5. The Balaban J connectivity index is 1.49. The van der Waals surface area contributed by atoms with Crippen molar-refractivity contribution in [3.05, 3.63) is 58.7 Å². The van der Waals surface area contributed by atoms with Crippen molar-refractivity contribution in [2.24, 2.45) is 4.99 Å². The number of aromatic nitrogens is 1. The summed E-state index contributed by atoms with van der Waals surface area (Å²) in [7, 11) is 1.68. The van der Waals surface area contributed by atoms with Gasteiger partial charge in [0.2, 0.25) is 0 Å². The van der Waals surface area contributed by atoms with Gasteiger partial charge in [-0.3, -0.25) is 4.99 Å². The number of guanidine groups is 1. The number of hydrogen-bond acceptors (Lipinski definition) is 3. The van der Waals surface area contributed by atoms with Gasteiger partial charge in [0.05, 0.1) is 5.02 Å². The predicted octanol–water partition coefficient (Wildman–Crippen LogP) is 3.00. The van der Waals surface area contributed by atoms with Crippen LogP contribution in [0.15, 0.2) is 41.5 Å². The van der Waals surface area contributed by atoms with Crippen LogP contribution in [0.3, 0.4) is 0 Å². The Morgan fingerprint density at radius 1 is 1.33 bits per heavy atom. The van der Waals surface area contributed by atoms with Gasteiger partial charge in [0.25, 0.3) is 0 Å². The predicted molar refractivity (Wildman–Crippen MR) is 104 cm³/mol. The minimum absolute atomic E-state index is 0.195. The van der Waals surface area contributed by atoms with E-state index in [9.17, 15) is 8.78 Å². The zero-order chi connectivity index (χ0) is 19.2. The summed E-state index contributed by atoms with van der Waals surface area (Å²) in [6.45, 7) is 2.05. The van der Waals surface area contributed by atoms with Crippen LogP contribution in [-0.4, -0.2) is 43.7 Å². The largest absolute Gasteiger partial charge is 0.356 e. The van der Waals surface area contributed by atoms with Crippen LogP contribution in [0.4, 0.5) is 14.6 Å². The van der Waals surface area contributed by atoms with E-state index in [1.165, 1.54) is 6.07 Å². The number of nitrogens with zero attached hydrogens (tertiary/aromatic N) is 3. The molecular weight excluding hydrogens is 372 g/mol. The molecule has 1 aromatic carbocycles. The highest BCUT2D eigenvalue weighted by Gasteiger charge is 2.25. The number of pyridine rings is 1. The van der Waals surface area contributed by atoms with Crippen molar-refractivity contribution in [1.82, 2.24) is 15.6 Å². The third kappa shape index (κ3) is 4.86. The van der Waals surface area contributed by atoms with Crippen molar-refractivity contribution in [3.63, 3.8) is 0 Å². The molecule has 1 fully saturated rings. The summed E-state index contributed by atoms with van der Waals surface area (Å²) >= 11 is 6.22. The van der Waals surface area contributed by atoms with Gasteiger partial charge >= 0.3 is 0 Å². The van der Waals surface area contributed by atoms with E-state index in [1.54, 1.807) is 19.3 Å². The summed E-state index contributed by atoms with van der Waals surface area (Å²) in [5.74, 6) is -0.200. The molecule has 1 saturated heterocycles. The molecule has 1 aliphatic heterocycles. The van der Waals surface area contributed by atoms with Gasteiger partial charge < -0.3 is 15.5 Å². The normalized spacial score (nSPS) is 17.3. The van der Waals surface area contributed by atoms with E-state index < -0.39 is 11.6 Å². The van der Waals surface area contributed by atoms with Crippen molar-refractivity contribution in [2.45, 2.75) is 18.9 Å². The number of nitrogens with one attached hydrogen (secondary N) is 2. The number of benzene rings is 1. The Labute approximate surface area is 162 Å². The molecule has 0 bridgehead atoms. The van der Waals surface area contributed by atoms with E-state index in [2.05, 4.69) is 25.5 Å². The first-order valence-electron chi connectivity index (χ1n) is 8.84. The fourth-order valence-corrected chi connectivity index (χ4v) is 3.37. The van der Waals surface area contributed by atoms with Crippen LogP contribution in [0.1, 0.15) is 12.0 Å². The lowest BCUT2D eigenvalue weighted by Crippen LogP contribution is -2.45. The summed E-state index contributed by atoms with van der Waals surface area (Å²) in [5, 5.41) is 7.14. The van der Waals surface area contributed by atoms with Gasteiger partial charge in [-0.2, -0.15) is 0 Å². The van der Waals surface area contributed by atoms with Crippen molar-refractivity contribution >= 4 is 23.4 Å². The Hall–Kier alpha value is -2.41. The molecule has 5 nitrogen and oxygen atoms in total. The van der Waals surface area contributed by atoms with E-state index in [0.29, 0.717) is 29.5 Å². The first kappa shape index (κ1) is 19.4. The second-order valence-corrected chi connectivity index (χ2v) is 6.75. The molecule has 1 aliphatic rings. The molecule has 1 unspecified atom stereocenters. The summed E-state index contributed by atoms with van der Waals surface area (Å²) in [6.07, 6.45) is 3.02. The van der Waals surface area contributed by atoms with E-state index in [-0.39, 0.29) is 6.04 Å². The molecule has 2 heterocycles. The number of anilines is 1. The van der Waals surface area contributed by atoms with E-state index in [0.717, 1.165) is 31.4 Å². The Morgan fingerprint density at radius 2 is 2.19 bits per heavy atom. The van der Waals surface area contributed by atoms with Crippen LogP contribution in [0.2, 0.25) is 5.02 Å². The van der Waals surface area contributed by atoms with E-state index in [1.807, 2.05) is 12.1 Å². The fraction of sp³-hybridized carbons (Fsp3) is 0.368. The fourth-order valence-electron chi connectivity index (χ4n) is 3.13. The van der Waals surface area contributed by atoms with Gasteiger partial charge in [0.15, 0.2) is 17.6 Å². The number of hydrogen-bond donors (Lipinski definition) is 2. The summed E-state index contributed by atoms with van der Waals surface area (Å²) < 4.78 is 27.0. The first-order valence-corrected chi connectivity index (χ1v) is 9.22. The molecule has 3 rings (SSSR count). The highest BCUT2D eigenvalue weighted by atomic mass is 35.5. The van der Waals surface area contributed by atoms with Crippen molar-refractivity contribution < 1.29 is 8.78 Å². The number of halogens is 3. The molecule has 2 N–H and O–H groups in total. The smallest absolute Gasteiger partial charge is 0.191 e. The monoisotopic (exact) mass is 393 g/mol. The Bertz CT molecular complexity index is 814. The van der Waals surface area contributed by atoms with Gasteiger partial charge in [0, 0.05) is 38.9 Å². The van der Waals surface area contributed by atoms with Crippen LogP contribution in [-0.2, 0) is 6.42 Å². The average Bonchev–Trinajstić information content (AvgIpc) is 3.13. The second-order valence-electron chi connectivity index (χ2n) is 6.35. The topological polar surface area (TPSA) is 52.6 Å². The number of rotatable bonds is 5.